The molecule has 1 unspecified atom stereocenters. The van der Waals surface area contributed by atoms with Crippen molar-refractivity contribution in [2.45, 2.75) is 25.9 Å². The van der Waals surface area contributed by atoms with Crippen molar-refractivity contribution in [2.24, 2.45) is 0 Å². The molecule has 0 saturated carbocycles. The van der Waals surface area contributed by atoms with Crippen molar-refractivity contribution in [3.63, 3.8) is 0 Å². The molecule has 0 saturated heterocycles. The van der Waals surface area contributed by atoms with Crippen molar-refractivity contribution in [3.05, 3.63) is 30.1 Å². The minimum Gasteiger partial charge on any atom is -0.388 e. The summed E-state index contributed by atoms with van der Waals surface area (Å²) in [4.78, 5) is 14.6. The average Bonchev–Trinajstić information content (AvgIpc) is 2.29. The van der Waals surface area contributed by atoms with Gasteiger partial charge in [-0.2, -0.15) is 0 Å². The number of hydrogen-bond acceptors (Lipinski definition) is 4. The van der Waals surface area contributed by atoms with E-state index in [4.69, 9.17) is 0 Å². The van der Waals surface area contributed by atoms with Gasteiger partial charge in [-0.3, -0.25) is 9.78 Å². The molecule has 1 rings (SSSR count). The highest BCUT2D eigenvalue weighted by Crippen LogP contribution is 2.15. The van der Waals surface area contributed by atoms with Crippen LogP contribution in [0.5, 0.6) is 0 Å². The number of nitrogens with one attached hydrogen (secondary N) is 1. The Kier molecular flexibility index (Phi) is 5.67. The Morgan fingerprint density at radius 2 is 2.44 bits per heavy atom. The van der Waals surface area contributed by atoms with Crippen LogP contribution in [0.2, 0.25) is 0 Å². The van der Waals surface area contributed by atoms with Crippen molar-refractivity contribution in [3.8, 4) is 0 Å². The van der Waals surface area contributed by atoms with E-state index in [0.29, 0.717) is 13.0 Å². The fourth-order valence-electron chi connectivity index (χ4n) is 1.42. The third-order valence-corrected chi connectivity index (χ3v) is 2.27. The fourth-order valence-corrected chi connectivity index (χ4v) is 1.42. The average molecular weight is 222 g/mol. The Labute approximate surface area is 95.7 Å². The van der Waals surface area contributed by atoms with E-state index in [1.165, 1.54) is 0 Å². The number of rotatable bonds is 7. The topological polar surface area (TPSA) is 62.2 Å². The van der Waals surface area contributed by atoms with Gasteiger partial charge in [-0.25, -0.2) is 0 Å². The first-order valence-electron chi connectivity index (χ1n) is 5.48. The molecule has 1 atom stereocenters. The maximum Gasteiger partial charge on any atom is 0.143 e. The van der Waals surface area contributed by atoms with E-state index in [0.717, 1.165) is 18.5 Å². The van der Waals surface area contributed by atoms with Crippen LogP contribution in [0, 0.1) is 0 Å². The lowest BCUT2D eigenvalue weighted by atomic mass is 10.1. The standard InChI is InChI=1S/C12H18N2O2/c1-10(15)8-13-7-3-5-12(16)11-4-2-6-14-9-11/h2,4,6,9,12-13,16H,3,5,7-8H2,1H3. The molecule has 0 fully saturated rings. The number of aromatic nitrogens is 1. The zero-order valence-corrected chi connectivity index (χ0v) is 9.52. The number of ketones is 1. The normalized spacial score (nSPS) is 12.4. The molecule has 0 radical (unpaired) electrons. The highest BCUT2D eigenvalue weighted by atomic mass is 16.3. The van der Waals surface area contributed by atoms with E-state index in [2.05, 4.69) is 10.3 Å². The molecule has 0 aromatic carbocycles. The lowest BCUT2D eigenvalue weighted by Gasteiger charge is -2.10. The summed E-state index contributed by atoms with van der Waals surface area (Å²) in [6, 6.07) is 3.67. The molecule has 4 nitrogen and oxygen atoms in total. The predicted molar refractivity (Wildman–Crippen MR) is 62.0 cm³/mol. The summed E-state index contributed by atoms with van der Waals surface area (Å²) < 4.78 is 0. The van der Waals surface area contributed by atoms with Crippen molar-refractivity contribution >= 4 is 5.78 Å². The summed E-state index contributed by atoms with van der Waals surface area (Å²) in [5, 5.41) is 12.8. The summed E-state index contributed by atoms with van der Waals surface area (Å²) in [6.45, 7) is 2.71. The largest absolute Gasteiger partial charge is 0.388 e. The van der Waals surface area contributed by atoms with Crippen LogP contribution < -0.4 is 5.32 Å². The quantitative estimate of drug-likeness (QED) is 0.677. The number of carbonyl (C=O) groups excluding carboxylic acids is 1. The first kappa shape index (κ1) is 12.8. The second-order valence-corrected chi connectivity index (χ2v) is 3.82. The van der Waals surface area contributed by atoms with Gasteiger partial charge < -0.3 is 10.4 Å². The van der Waals surface area contributed by atoms with E-state index in [1.807, 2.05) is 12.1 Å². The molecule has 0 aliphatic carbocycles. The molecule has 0 amide bonds. The Morgan fingerprint density at radius 1 is 1.62 bits per heavy atom. The Hall–Kier alpha value is -1.26. The predicted octanol–water partition coefficient (Wildman–Crippen LogP) is 1.07. The molecule has 0 aliphatic rings. The lowest BCUT2D eigenvalue weighted by molar-refractivity contribution is -0.116. The molecular weight excluding hydrogens is 204 g/mol. The van der Waals surface area contributed by atoms with Gasteiger partial charge in [0.15, 0.2) is 0 Å². The number of aliphatic hydroxyl groups is 1. The van der Waals surface area contributed by atoms with E-state index < -0.39 is 6.10 Å². The molecule has 4 heteroatoms. The van der Waals surface area contributed by atoms with Crippen LogP contribution in [0.1, 0.15) is 31.4 Å². The number of hydrogen-bond donors (Lipinski definition) is 2. The second-order valence-electron chi connectivity index (χ2n) is 3.82. The molecular formula is C12H18N2O2. The smallest absolute Gasteiger partial charge is 0.143 e. The van der Waals surface area contributed by atoms with Crippen molar-refractivity contribution in [1.29, 1.82) is 0 Å². The van der Waals surface area contributed by atoms with Gasteiger partial charge >= 0.3 is 0 Å². The number of nitrogens with zero attached hydrogens (tertiary/aromatic N) is 1. The van der Waals surface area contributed by atoms with Crippen LogP contribution in [-0.4, -0.2) is 29.0 Å². The third kappa shape index (κ3) is 5.00. The first-order chi connectivity index (χ1) is 7.70. The molecule has 0 spiro atoms. The number of aliphatic hydroxyl groups excluding tert-OH is 1. The minimum absolute atomic E-state index is 0.132. The van der Waals surface area contributed by atoms with Crippen LogP contribution in [0.25, 0.3) is 0 Å². The van der Waals surface area contributed by atoms with Gasteiger partial charge in [-0.1, -0.05) is 6.07 Å². The second kappa shape index (κ2) is 7.09. The molecule has 0 aliphatic heterocycles. The molecule has 16 heavy (non-hydrogen) atoms. The van der Waals surface area contributed by atoms with Crippen LogP contribution in [0.3, 0.4) is 0 Å². The van der Waals surface area contributed by atoms with Crippen LogP contribution in [0.15, 0.2) is 24.5 Å². The van der Waals surface area contributed by atoms with Crippen molar-refractivity contribution < 1.29 is 9.90 Å². The van der Waals surface area contributed by atoms with Gasteiger partial charge in [-0.05, 0) is 37.9 Å². The Bertz CT molecular complexity index is 314. The van der Waals surface area contributed by atoms with Gasteiger partial charge in [0.05, 0.1) is 12.6 Å². The van der Waals surface area contributed by atoms with Gasteiger partial charge in [0.1, 0.15) is 5.78 Å². The Balaban J connectivity index is 2.16. The number of pyridine rings is 1. The summed E-state index contributed by atoms with van der Waals surface area (Å²) in [5.41, 5.74) is 0.842. The lowest BCUT2D eigenvalue weighted by Crippen LogP contribution is -2.22. The zero-order chi connectivity index (χ0) is 11.8. The molecule has 0 bridgehead atoms. The fraction of sp³-hybridized carbons (Fsp3) is 0.500. The Morgan fingerprint density at radius 3 is 3.06 bits per heavy atom. The maximum absolute atomic E-state index is 10.6. The van der Waals surface area contributed by atoms with E-state index in [1.54, 1.807) is 19.3 Å². The highest BCUT2D eigenvalue weighted by Gasteiger charge is 2.06. The zero-order valence-electron chi connectivity index (χ0n) is 9.52. The summed E-state index contributed by atoms with van der Waals surface area (Å²) >= 11 is 0. The van der Waals surface area contributed by atoms with E-state index in [9.17, 15) is 9.90 Å². The highest BCUT2D eigenvalue weighted by molar-refractivity contribution is 5.77. The number of Topliss-reactive ketones (excluding diaryl/α,β-unsaturated/α-hetero) is 1. The van der Waals surface area contributed by atoms with Crippen LogP contribution in [0.4, 0.5) is 0 Å². The van der Waals surface area contributed by atoms with Gasteiger partial charge in [0.2, 0.25) is 0 Å². The first-order valence-corrected chi connectivity index (χ1v) is 5.48. The van der Waals surface area contributed by atoms with Gasteiger partial charge in [-0.15, -0.1) is 0 Å². The summed E-state index contributed by atoms with van der Waals surface area (Å²) in [5.74, 6) is 0.132. The minimum atomic E-state index is -0.465. The van der Waals surface area contributed by atoms with Crippen molar-refractivity contribution in [1.82, 2.24) is 10.3 Å². The monoisotopic (exact) mass is 222 g/mol. The third-order valence-electron chi connectivity index (χ3n) is 2.27. The molecule has 1 heterocycles. The van der Waals surface area contributed by atoms with E-state index in [-0.39, 0.29) is 5.78 Å². The van der Waals surface area contributed by atoms with Gasteiger partial charge in [0, 0.05) is 12.4 Å². The summed E-state index contributed by atoms with van der Waals surface area (Å²) in [6.07, 6.45) is 4.41. The maximum atomic E-state index is 10.6. The molecule has 88 valence electrons. The number of carbonyl (C=O) groups is 1. The molecule has 1 aromatic rings. The van der Waals surface area contributed by atoms with E-state index >= 15 is 0 Å². The SMILES string of the molecule is CC(=O)CNCCCC(O)c1cccnc1. The van der Waals surface area contributed by atoms with Gasteiger partial charge in [0.25, 0.3) is 0 Å². The van der Waals surface area contributed by atoms with Crippen LogP contribution >= 0.6 is 0 Å². The van der Waals surface area contributed by atoms with Crippen molar-refractivity contribution in [2.75, 3.05) is 13.1 Å². The molecule has 1 aromatic heterocycles. The van der Waals surface area contributed by atoms with Crippen LogP contribution in [-0.2, 0) is 4.79 Å². The summed E-state index contributed by atoms with van der Waals surface area (Å²) in [7, 11) is 0. The molecule has 2 N–H and O–H groups in total.